The van der Waals surface area contributed by atoms with Gasteiger partial charge in [-0.25, -0.2) is 4.79 Å². The number of hydrogen-bond donors (Lipinski definition) is 1. The monoisotopic (exact) mass is 279 g/mol. The van der Waals surface area contributed by atoms with Gasteiger partial charge >= 0.3 is 5.97 Å². The Morgan fingerprint density at radius 3 is 2.60 bits per heavy atom. The van der Waals surface area contributed by atoms with Gasteiger partial charge in [0.05, 0.1) is 6.61 Å². The number of aryl methyl sites for hydroxylation is 1. The number of ether oxygens (including phenoxy) is 2. The van der Waals surface area contributed by atoms with Crippen LogP contribution < -0.4 is 10.1 Å². The van der Waals surface area contributed by atoms with E-state index in [0.29, 0.717) is 19.2 Å². The Morgan fingerprint density at radius 1 is 1.30 bits per heavy atom. The van der Waals surface area contributed by atoms with Crippen LogP contribution in [0.15, 0.2) is 18.2 Å². The molecule has 0 heterocycles. The van der Waals surface area contributed by atoms with E-state index in [-0.39, 0.29) is 5.97 Å². The molecule has 4 heteroatoms. The Balaban J connectivity index is 2.80. The number of nitrogens with one attached hydrogen (secondary N) is 1. The maximum atomic E-state index is 11.6. The van der Waals surface area contributed by atoms with E-state index in [9.17, 15) is 4.79 Å². The van der Waals surface area contributed by atoms with E-state index in [0.717, 1.165) is 11.3 Å². The summed E-state index contributed by atoms with van der Waals surface area (Å²) in [6, 6.07) is 6.35. The van der Waals surface area contributed by atoms with Gasteiger partial charge in [-0.05, 0) is 26.8 Å². The zero-order valence-corrected chi connectivity index (χ0v) is 13.0. The number of carbonyl (C=O) groups is 1. The van der Waals surface area contributed by atoms with E-state index in [1.807, 2.05) is 19.1 Å². The number of carbonyl (C=O) groups excluding carboxylic acids is 1. The molecule has 1 aromatic rings. The van der Waals surface area contributed by atoms with Crippen LogP contribution in [-0.4, -0.2) is 24.7 Å². The van der Waals surface area contributed by atoms with Crippen molar-refractivity contribution in [2.24, 2.45) is 0 Å². The summed E-state index contributed by atoms with van der Waals surface area (Å²) in [4.78, 5) is 11.6. The largest absolute Gasteiger partial charge is 0.479 e. The van der Waals surface area contributed by atoms with Gasteiger partial charge in [-0.3, -0.25) is 0 Å². The third-order valence-corrected chi connectivity index (χ3v) is 2.84. The highest BCUT2D eigenvalue weighted by Crippen LogP contribution is 2.21. The zero-order chi connectivity index (χ0) is 15.1. The topological polar surface area (TPSA) is 47.6 Å². The maximum absolute atomic E-state index is 11.6. The smallest absolute Gasteiger partial charge is 0.347 e. The first-order valence-electron chi connectivity index (χ1n) is 7.10. The summed E-state index contributed by atoms with van der Waals surface area (Å²) < 4.78 is 10.7. The molecule has 0 aliphatic heterocycles. The lowest BCUT2D eigenvalue weighted by Gasteiger charge is -2.18. The van der Waals surface area contributed by atoms with Gasteiger partial charge in [0.2, 0.25) is 0 Å². The Bertz CT molecular complexity index is 443. The molecule has 1 aromatic carbocycles. The molecule has 20 heavy (non-hydrogen) atoms. The quantitative estimate of drug-likeness (QED) is 0.780. The normalized spacial score (nSPS) is 12.3. The first-order chi connectivity index (χ1) is 9.43. The van der Waals surface area contributed by atoms with Gasteiger partial charge in [-0.1, -0.05) is 31.5 Å². The molecule has 4 nitrogen and oxygen atoms in total. The SMILES string of the molecule is CCOC(=O)C(C)Oc1ccc(C)cc1CNC(C)C. The molecular formula is C16H25NO3. The Hall–Kier alpha value is -1.55. The summed E-state index contributed by atoms with van der Waals surface area (Å²) in [5, 5.41) is 3.36. The fourth-order valence-corrected chi connectivity index (χ4v) is 1.77. The lowest BCUT2D eigenvalue weighted by Crippen LogP contribution is -2.27. The van der Waals surface area contributed by atoms with Crippen molar-refractivity contribution < 1.29 is 14.3 Å². The fraction of sp³-hybridized carbons (Fsp3) is 0.562. The summed E-state index contributed by atoms with van der Waals surface area (Å²) in [5.74, 6) is 0.389. The minimum Gasteiger partial charge on any atom is -0.479 e. The van der Waals surface area contributed by atoms with Gasteiger partial charge < -0.3 is 14.8 Å². The number of benzene rings is 1. The van der Waals surface area contributed by atoms with Gasteiger partial charge in [0.25, 0.3) is 0 Å². The van der Waals surface area contributed by atoms with Gasteiger partial charge in [0.1, 0.15) is 5.75 Å². The molecule has 1 unspecified atom stereocenters. The van der Waals surface area contributed by atoms with Crippen LogP contribution in [0.3, 0.4) is 0 Å². The van der Waals surface area contributed by atoms with Crippen LogP contribution in [0.1, 0.15) is 38.8 Å². The minimum atomic E-state index is -0.601. The van der Waals surface area contributed by atoms with Crippen molar-refractivity contribution in [3.05, 3.63) is 29.3 Å². The standard InChI is InChI=1S/C16H25NO3/c1-6-19-16(18)13(5)20-15-8-7-12(4)9-14(15)10-17-11(2)3/h7-9,11,13,17H,6,10H2,1-5H3. The molecule has 0 radical (unpaired) electrons. The van der Waals surface area contributed by atoms with Crippen molar-refractivity contribution in [3.8, 4) is 5.75 Å². The van der Waals surface area contributed by atoms with Crippen LogP contribution >= 0.6 is 0 Å². The molecule has 1 N–H and O–H groups in total. The van der Waals surface area contributed by atoms with Crippen LogP contribution in [0, 0.1) is 6.92 Å². The van der Waals surface area contributed by atoms with Gasteiger partial charge in [-0.2, -0.15) is 0 Å². The van der Waals surface area contributed by atoms with E-state index >= 15 is 0 Å². The number of rotatable bonds is 7. The number of hydrogen-bond acceptors (Lipinski definition) is 4. The van der Waals surface area contributed by atoms with Crippen LogP contribution in [0.25, 0.3) is 0 Å². The highest BCUT2D eigenvalue weighted by atomic mass is 16.6. The predicted octanol–water partition coefficient (Wildman–Crippen LogP) is 2.82. The second-order valence-corrected chi connectivity index (χ2v) is 5.16. The fourth-order valence-electron chi connectivity index (χ4n) is 1.77. The summed E-state index contributed by atoms with van der Waals surface area (Å²) in [6.45, 7) is 10.8. The summed E-state index contributed by atoms with van der Waals surface area (Å²) in [6.07, 6.45) is -0.601. The van der Waals surface area contributed by atoms with E-state index in [1.54, 1.807) is 13.8 Å². The Labute approximate surface area is 121 Å². The third-order valence-electron chi connectivity index (χ3n) is 2.84. The second-order valence-electron chi connectivity index (χ2n) is 5.16. The van der Waals surface area contributed by atoms with Crippen molar-refractivity contribution in [1.82, 2.24) is 5.32 Å². The summed E-state index contributed by atoms with van der Waals surface area (Å²) >= 11 is 0. The zero-order valence-electron chi connectivity index (χ0n) is 13.0. The van der Waals surface area contributed by atoms with E-state index in [2.05, 4.69) is 25.2 Å². The Kier molecular flexibility index (Phi) is 6.52. The molecule has 1 atom stereocenters. The lowest BCUT2D eigenvalue weighted by molar-refractivity contribution is -0.150. The lowest BCUT2D eigenvalue weighted by atomic mass is 10.1. The van der Waals surface area contributed by atoms with E-state index in [4.69, 9.17) is 9.47 Å². The molecule has 0 saturated carbocycles. The third kappa shape index (κ3) is 5.21. The first kappa shape index (κ1) is 16.5. The van der Waals surface area contributed by atoms with Crippen molar-refractivity contribution in [1.29, 1.82) is 0 Å². The molecular weight excluding hydrogens is 254 g/mol. The van der Waals surface area contributed by atoms with Crippen LogP contribution in [0.2, 0.25) is 0 Å². The van der Waals surface area contributed by atoms with E-state index in [1.165, 1.54) is 5.56 Å². The van der Waals surface area contributed by atoms with Crippen molar-refractivity contribution in [2.45, 2.75) is 53.3 Å². The molecule has 0 spiro atoms. The molecule has 0 saturated heterocycles. The van der Waals surface area contributed by atoms with Gasteiger partial charge in [-0.15, -0.1) is 0 Å². The summed E-state index contributed by atoms with van der Waals surface area (Å²) in [5.41, 5.74) is 2.22. The molecule has 0 fully saturated rings. The average molecular weight is 279 g/mol. The molecule has 0 aromatic heterocycles. The molecule has 0 amide bonds. The van der Waals surface area contributed by atoms with Crippen LogP contribution in [0.5, 0.6) is 5.75 Å². The maximum Gasteiger partial charge on any atom is 0.347 e. The van der Waals surface area contributed by atoms with Crippen LogP contribution in [0.4, 0.5) is 0 Å². The summed E-state index contributed by atoms with van der Waals surface area (Å²) in [7, 11) is 0. The first-order valence-corrected chi connectivity index (χ1v) is 7.10. The highest BCUT2D eigenvalue weighted by molar-refractivity contribution is 5.74. The van der Waals surface area contributed by atoms with Crippen molar-refractivity contribution in [3.63, 3.8) is 0 Å². The average Bonchev–Trinajstić information content (AvgIpc) is 2.39. The highest BCUT2D eigenvalue weighted by Gasteiger charge is 2.17. The van der Waals surface area contributed by atoms with Gasteiger partial charge in [0, 0.05) is 18.2 Å². The number of esters is 1. The van der Waals surface area contributed by atoms with Gasteiger partial charge in [0.15, 0.2) is 6.10 Å². The molecule has 1 rings (SSSR count). The molecule has 112 valence electrons. The van der Waals surface area contributed by atoms with Crippen molar-refractivity contribution in [2.75, 3.05) is 6.61 Å². The van der Waals surface area contributed by atoms with E-state index < -0.39 is 6.10 Å². The van der Waals surface area contributed by atoms with Crippen molar-refractivity contribution >= 4 is 5.97 Å². The minimum absolute atomic E-state index is 0.337. The predicted molar refractivity (Wildman–Crippen MR) is 79.9 cm³/mol. The molecule has 0 aliphatic rings. The molecule has 0 bridgehead atoms. The molecule has 0 aliphatic carbocycles. The Morgan fingerprint density at radius 2 is 2.00 bits per heavy atom. The van der Waals surface area contributed by atoms with Crippen LogP contribution in [-0.2, 0) is 16.1 Å². The second kappa shape index (κ2) is 7.90.